The lowest BCUT2D eigenvalue weighted by molar-refractivity contribution is 0.152. The summed E-state index contributed by atoms with van der Waals surface area (Å²) in [7, 11) is 0. The Kier molecular flexibility index (Phi) is 6.58. The summed E-state index contributed by atoms with van der Waals surface area (Å²) in [5.74, 6) is -0.628. The van der Waals surface area contributed by atoms with E-state index in [4.69, 9.17) is 11.6 Å². The van der Waals surface area contributed by atoms with E-state index < -0.39 is 17.9 Å². The van der Waals surface area contributed by atoms with Crippen LogP contribution < -0.4 is 16.0 Å². The summed E-state index contributed by atoms with van der Waals surface area (Å²) in [4.78, 5) is 22.4. The SMILES string of the molecule is CCOC(=O)NCCNC(=O)Nc1c(F)cccc1Cl. The Balaban J connectivity index is 2.32. The van der Waals surface area contributed by atoms with Gasteiger partial charge in [0.25, 0.3) is 0 Å². The molecule has 0 saturated heterocycles. The van der Waals surface area contributed by atoms with E-state index in [9.17, 15) is 14.0 Å². The van der Waals surface area contributed by atoms with Crippen LogP contribution in [0.4, 0.5) is 19.7 Å². The number of urea groups is 1. The van der Waals surface area contributed by atoms with Gasteiger partial charge in [0.05, 0.1) is 17.3 Å². The minimum absolute atomic E-state index is 0.0926. The van der Waals surface area contributed by atoms with Crippen molar-refractivity contribution < 1.29 is 18.7 Å². The normalized spacial score (nSPS) is 9.75. The van der Waals surface area contributed by atoms with Crippen molar-refractivity contribution >= 4 is 29.4 Å². The lowest BCUT2D eigenvalue weighted by Gasteiger charge is -2.10. The van der Waals surface area contributed by atoms with Crippen LogP contribution in [0.5, 0.6) is 0 Å². The number of alkyl carbamates (subject to hydrolysis) is 1. The molecule has 0 aliphatic carbocycles. The van der Waals surface area contributed by atoms with Gasteiger partial charge in [-0.2, -0.15) is 0 Å². The van der Waals surface area contributed by atoms with E-state index in [0.717, 1.165) is 0 Å². The fourth-order valence-electron chi connectivity index (χ4n) is 1.30. The first kappa shape index (κ1) is 16.0. The second kappa shape index (κ2) is 8.21. The molecule has 1 aromatic rings. The number of carbonyl (C=O) groups is 2. The summed E-state index contributed by atoms with van der Waals surface area (Å²) >= 11 is 5.76. The molecule has 3 amide bonds. The Bertz CT molecular complexity index is 465. The van der Waals surface area contributed by atoms with Crippen LogP contribution in [-0.4, -0.2) is 31.8 Å². The maximum absolute atomic E-state index is 13.4. The summed E-state index contributed by atoms with van der Waals surface area (Å²) < 4.78 is 18.0. The zero-order valence-electron chi connectivity index (χ0n) is 10.8. The number of benzene rings is 1. The van der Waals surface area contributed by atoms with E-state index in [1.165, 1.54) is 18.2 Å². The summed E-state index contributed by atoms with van der Waals surface area (Å²) in [6.45, 7) is 2.31. The minimum atomic E-state index is -0.628. The van der Waals surface area contributed by atoms with Gasteiger partial charge in [-0.1, -0.05) is 17.7 Å². The van der Waals surface area contributed by atoms with Gasteiger partial charge in [0.2, 0.25) is 0 Å². The van der Waals surface area contributed by atoms with E-state index >= 15 is 0 Å². The average Bonchev–Trinajstić information content (AvgIpc) is 2.39. The third kappa shape index (κ3) is 5.31. The number of rotatable bonds is 5. The number of anilines is 1. The van der Waals surface area contributed by atoms with Gasteiger partial charge in [-0.05, 0) is 19.1 Å². The van der Waals surface area contributed by atoms with Crippen LogP contribution >= 0.6 is 11.6 Å². The van der Waals surface area contributed by atoms with E-state index in [2.05, 4.69) is 20.7 Å². The zero-order valence-corrected chi connectivity index (χ0v) is 11.6. The molecule has 8 heteroatoms. The molecule has 0 saturated carbocycles. The summed E-state index contributed by atoms with van der Waals surface area (Å²) in [5, 5.41) is 7.25. The van der Waals surface area contributed by atoms with Crippen molar-refractivity contribution in [3.8, 4) is 0 Å². The first-order chi connectivity index (χ1) is 9.54. The number of hydrogen-bond donors (Lipinski definition) is 3. The van der Waals surface area contributed by atoms with Crippen molar-refractivity contribution in [2.75, 3.05) is 25.0 Å². The van der Waals surface area contributed by atoms with Gasteiger partial charge >= 0.3 is 12.1 Å². The van der Waals surface area contributed by atoms with Crippen molar-refractivity contribution in [3.05, 3.63) is 29.0 Å². The Morgan fingerprint density at radius 1 is 1.30 bits per heavy atom. The lowest BCUT2D eigenvalue weighted by atomic mass is 10.3. The summed E-state index contributed by atoms with van der Waals surface area (Å²) in [6, 6.07) is 3.46. The predicted molar refractivity (Wildman–Crippen MR) is 73.5 cm³/mol. The number of hydrogen-bond acceptors (Lipinski definition) is 3. The number of halogens is 2. The van der Waals surface area contributed by atoms with Crippen molar-refractivity contribution in [1.82, 2.24) is 10.6 Å². The number of carbonyl (C=O) groups excluding carboxylic acids is 2. The summed E-state index contributed by atoms with van der Waals surface area (Å²) in [6.07, 6.45) is -0.563. The predicted octanol–water partition coefficient (Wildman–Crippen LogP) is 2.35. The molecule has 0 aromatic heterocycles. The molecule has 1 rings (SSSR count). The Morgan fingerprint density at radius 2 is 2.00 bits per heavy atom. The second-order valence-electron chi connectivity index (χ2n) is 3.62. The number of para-hydroxylation sites is 1. The monoisotopic (exact) mass is 303 g/mol. The van der Waals surface area contributed by atoms with Crippen LogP contribution in [0.1, 0.15) is 6.92 Å². The molecule has 1 aromatic carbocycles. The average molecular weight is 304 g/mol. The summed E-state index contributed by atoms with van der Waals surface area (Å²) in [5.41, 5.74) is -0.0926. The third-order valence-electron chi connectivity index (χ3n) is 2.16. The first-order valence-corrected chi connectivity index (χ1v) is 6.32. The molecule has 0 heterocycles. The lowest BCUT2D eigenvalue weighted by Crippen LogP contribution is -2.37. The third-order valence-corrected chi connectivity index (χ3v) is 2.47. The van der Waals surface area contributed by atoms with Crippen molar-refractivity contribution in [3.63, 3.8) is 0 Å². The fraction of sp³-hybridized carbons (Fsp3) is 0.333. The van der Waals surface area contributed by atoms with Crippen LogP contribution in [0.15, 0.2) is 18.2 Å². The maximum atomic E-state index is 13.4. The smallest absolute Gasteiger partial charge is 0.407 e. The molecular formula is C12H15ClFN3O3. The second-order valence-corrected chi connectivity index (χ2v) is 4.03. The molecule has 110 valence electrons. The number of amides is 3. The molecular weight excluding hydrogens is 289 g/mol. The van der Waals surface area contributed by atoms with E-state index in [1.807, 2.05) is 0 Å². The molecule has 0 fully saturated rings. The van der Waals surface area contributed by atoms with Gasteiger partial charge < -0.3 is 20.7 Å². The van der Waals surface area contributed by atoms with Crippen LogP contribution in [-0.2, 0) is 4.74 Å². The molecule has 6 nitrogen and oxygen atoms in total. The van der Waals surface area contributed by atoms with E-state index in [0.29, 0.717) is 0 Å². The molecule has 0 spiro atoms. The molecule has 0 radical (unpaired) electrons. The maximum Gasteiger partial charge on any atom is 0.407 e. The van der Waals surface area contributed by atoms with Crippen LogP contribution in [0.2, 0.25) is 5.02 Å². The van der Waals surface area contributed by atoms with Gasteiger partial charge in [0.1, 0.15) is 5.82 Å². The van der Waals surface area contributed by atoms with Gasteiger partial charge in [-0.3, -0.25) is 0 Å². The van der Waals surface area contributed by atoms with Gasteiger partial charge in [0.15, 0.2) is 0 Å². The highest BCUT2D eigenvalue weighted by Gasteiger charge is 2.10. The van der Waals surface area contributed by atoms with Crippen molar-refractivity contribution in [2.24, 2.45) is 0 Å². The van der Waals surface area contributed by atoms with Crippen molar-refractivity contribution in [1.29, 1.82) is 0 Å². The molecule has 3 N–H and O–H groups in total. The zero-order chi connectivity index (χ0) is 15.0. The quantitative estimate of drug-likeness (QED) is 0.731. The first-order valence-electron chi connectivity index (χ1n) is 5.94. The standard InChI is InChI=1S/C12H15ClFN3O3/c1-2-20-12(19)16-7-6-15-11(18)17-10-8(13)4-3-5-9(10)14/h3-5H,2,6-7H2,1H3,(H,16,19)(H2,15,17,18). The molecule has 20 heavy (non-hydrogen) atoms. The van der Waals surface area contributed by atoms with Crippen molar-refractivity contribution in [2.45, 2.75) is 6.92 Å². The van der Waals surface area contributed by atoms with Gasteiger partial charge in [0, 0.05) is 13.1 Å². The highest BCUT2D eigenvalue weighted by atomic mass is 35.5. The molecule has 0 aliphatic rings. The Morgan fingerprint density at radius 3 is 2.65 bits per heavy atom. The topological polar surface area (TPSA) is 79.5 Å². The van der Waals surface area contributed by atoms with Gasteiger partial charge in [-0.15, -0.1) is 0 Å². The minimum Gasteiger partial charge on any atom is -0.450 e. The highest BCUT2D eigenvalue weighted by molar-refractivity contribution is 6.33. The largest absolute Gasteiger partial charge is 0.450 e. The molecule has 0 unspecified atom stereocenters. The Labute approximate surface area is 120 Å². The van der Waals surface area contributed by atoms with Crippen LogP contribution in [0.3, 0.4) is 0 Å². The molecule has 0 atom stereocenters. The number of ether oxygens (including phenoxy) is 1. The molecule has 0 bridgehead atoms. The molecule has 0 aliphatic heterocycles. The highest BCUT2D eigenvalue weighted by Crippen LogP contribution is 2.24. The van der Waals surface area contributed by atoms with E-state index in [-0.39, 0.29) is 30.4 Å². The van der Waals surface area contributed by atoms with E-state index in [1.54, 1.807) is 6.92 Å². The number of nitrogens with one attached hydrogen (secondary N) is 3. The van der Waals surface area contributed by atoms with Crippen LogP contribution in [0, 0.1) is 5.82 Å². The Hall–Kier alpha value is -2.02. The van der Waals surface area contributed by atoms with Gasteiger partial charge in [-0.25, -0.2) is 14.0 Å². The fourth-order valence-corrected chi connectivity index (χ4v) is 1.51. The van der Waals surface area contributed by atoms with Crippen LogP contribution in [0.25, 0.3) is 0 Å².